The predicted octanol–water partition coefficient (Wildman–Crippen LogP) is 3.76. The van der Waals surface area contributed by atoms with Crippen LogP contribution in [-0.2, 0) is 18.4 Å². The fraction of sp³-hybridized carbons (Fsp3) is 0.409. The Morgan fingerprint density at radius 3 is 2.43 bits per heavy atom. The Labute approximate surface area is 165 Å². The van der Waals surface area contributed by atoms with Gasteiger partial charge in [0, 0.05) is 41.1 Å². The molecule has 0 saturated heterocycles. The highest BCUT2D eigenvalue weighted by Crippen LogP contribution is 2.28. The molecule has 0 bridgehead atoms. The average Bonchev–Trinajstić information content (AvgIpc) is 2.66. The van der Waals surface area contributed by atoms with Crippen molar-refractivity contribution in [1.29, 1.82) is 5.26 Å². The zero-order valence-corrected chi connectivity index (χ0v) is 17.1. The van der Waals surface area contributed by atoms with Gasteiger partial charge in [-0.3, -0.25) is 15.0 Å². The summed E-state index contributed by atoms with van der Waals surface area (Å²) in [5, 5.41) is 11.4. The lowest BCUT2D eigenvalue weighted by molar-refractivity contribution is 0.557. The van der Waals surface area contributed by atoms with E-state index < -0.39 is 5.54 Å². The van der Waals surface area contributed by atoms with E-state index in [0.29, 0.717) is 12.1 Å². The molecule has 0 saturated carbocycles. The van der Waals surface area contributed by atoms with E-state index in [-0.39, 0.29) is 5.92 Å². The maximum atomic E-state index is 9.24. The highest BCUT2D eigenvalue weighted by Gasteiger charge is 2.20. The highest BCUT2D eigenvalue weighted by atomic mass is 14.8. The van der Waals surface area contributed by atoms with Gasteiger partial charge in [-0.1, -0.05) is 20.8 Å². The van der Waals surface area contributed by atoms with Gasteiger partial charge in [0.25, 0.3) is 0 Å². The zero-order chi connectivity index (χ0) is 20.5. The minimum atomic E-state index is -0.505. The van der Waals surface area contributed by atoms with E-state index in [2.05, 4.69) is 39.0 Å². The third kappa shape index (κ3) is 3.85. The molecule has 0 aliphatic heterocycles. The molecule has 2 N–H and O–H groups in total. The zero-order valence-electron chi connectivity index (χ0n) is 17.1. The molecule has 0 aromatic carbocycles. The number of pyridine rings is 2. The third-order valence-electron chi connectivity index (χ3n) is 4.80. The lowest BCUT2D eigenvalue weighted by Crippen LogP contribution is -2.29. The number of nitrogens with two attached hydrogens (primary N) is 1. The van der Waals surface area contributed by atoms with Crippen molar-refractivity contribution in [1.82, 2.24) is 19.9 Å². The Morgan fingerprint density at radius 1 is 1.07 bits per heavy atom. The van der Waals surface area contributed by atoms with E-state index in [1.807, 2.05) is 40.1 Å². The first kappa shape index (κ1) is 19.8. The van der Waals surface area contributed by atoms with Crippen LogP contribution in [0.2, 0.25) is 0 Å². The summed E-state index contributed by atoms with van der Waals surface area (Å²) in [5.41, 5.74) is 10.7. The van der Waals surface area contributed by atoms with Crippen LogP contribution in [0.3, 0.4) is 0 Å². The molecule has 3 aromatic heterocycles. The number of hydrogen-bond donors (Lipinski definition) is 1. The number of nitrogens with zero attached hydrogens (tertiary/aromatic N) is 5. The second-order valence-corrected chi connectivity index (χ2v) is 7.95. The molecule has 0 aliphatic carbocycles. The van der Waals surface area contributed by atoms with Gasteiger partial charge in [0.1, 0.15) is 6.07 Å². The van der Waals surface area contributed by atoms with Crippen LogP contribution in [0.5, 0.6) is 0 Å². The highest BCUT2D eigenvalue weighted by molar-refractivity contribution is 5.87. The van der Waals surface area contributed by atoms with E-state index >= 15 is 0 Å². The predicted molar refractivity (Wildman–Crippen MR) is 110 cm³/mol. The van der Waals surface area contributed by atoms with Crippen molar-refractivity contribution in [2.24, 2.45) is 5.73 Å². The van der Waals surface area contributed by atoms with E-state index in [9.17, 15) is 5.26 Å². The molecule has 3 heterocycles. The summed E-state index contributed by atoms with van der Waals surface area (Å²) in [6.45, 7) is 10.1. The Bertz CT molecular complexity index is 1060. The summed E-state index contributed by atoms with van der Waals surface area (Å²) in [6, 6.07) is 4.20. The average molecular weight is 374 g/mol. The van der Waals surface area contributed by atoms with Gasteiger partial charge < -0.3 is 5.73 Å². The molecule has 3 aromatic rings. The van der Waals surface area contributed by atoms with Crippen molar-refractivity contribution in [3.05, 3.63) is 58.7 Å². The van der Waals surface area contributed by atoms with Gasteiger partial charge in [-0.15, -0.1) is 0 Å². The first-order chi connectivity index (χ1) is 13.2. The van der Waals surface area contributed by atoms with E-state index in [4.69, 9.17) is 5.73 Å². The van der Waals surface area contributed by atoms with Crippen LogP contribution in [0, 0.1) is 11.3 Å². The molecule has 0 aliphatic rings. The lowest BCUT2D eigenvalue weighted by atomic mass is 9.91. The lowest BCUT2D eigenvalue weighted by Gasteiger charge is -2.22. The number of fused-ring (bicyclic) bond motifs is 1. The molecule has 144 valence electrons. The molecule has 0 radical (unpaired) electrons. The number of nitriles is 1. The Morgan fingerprint density at radius 2 is 1.82 bits per heavy atom. The van der Waals surface area contributed by atoms with Gasteiger partial charge in [-0.05, 0) is 43.2 Å². The van der Waals surface area contributed by atoms with Crippen LogP contribution in [0.15, 0.2) is 24.7 Å². The fourth-order valence-electron chi connectivity index (χ4n) is 3.33. The first-order valence-corrected chi connectivity index (χ1v) is 9.56. The van der Waals surface area contributed by atoms with Crippen LogP contribution in [0.1, 0.15) is 74.6 Å². The number of hydrogen-bond acceptors (Lipinski definition) is 6. The number of aromatic nitrogens is 4. The quantitative estimate of drug-likeness (QED) is 0.729. The SMILES string of the molecule is CCc1ncc(C(C)(C)N)c2cc(Cc3cnc(C#N)c(C(C)C)n3)ncc12. The summed E-state index contributed by atoms with van der Waals surface area (Å²) in [5.74, 6) is 0.134. The van der Waals surface area contributed by atoms with Crippen molar-refractivity contribution < 1.29 is 0 Å². The second-order valence-electron chi connectivity index (χ2n) is 7.95. The van der Waals surface area contributed by atoms with Crippen LogP contribution >= 0.6 is 0 Å². The first-order valence-electron chi connectivity index (χ1n) is 9.56. The van der Waals surface area contributed by atoms with Crippen molar-refractivity contribution in [2.75, 3.05) is 0 Å². The van der Waals surface area contributed by atoms with Gasteiger partial charge in [0.2, 0.25) is 0 Å². The minimum absolute atomic E-state index is 0.134. The van der Waals surface area contributed by atoms with Crippen molar-refractivity contribution in [3.8, 4) is 6.07 Å². The van der Waals surface area contributed by atoms with E-state index in [1.165, 1.54) is 0 Å². The summed E-state index contributed by atoms with van der Waals surface area (Å²) < 4.78 is 0. The van der Waals surface area contributed by atoms with Gasteiger partial charge in [-0.2, -0.15) is 5.26 Å². The maximum absolute atomic E-state index is 9.24. The largest absolute Gasteiger partial charge is 0.322 e. The van der Waals surface area contributed by atoms with Crippen LogP contribution in [0.25, 0.3) is 10.8 Å². The van der Waals surface area contributed by atoms with Crippen molar-refractivity contribution in [2.45, 2.75) is 58.9 Å². The molecular formula is C22H26N6. The minimum Gasteiger partial charge on any atom is -0.322 e. The molecule has 6 heteroatoms. The van der Waals surface area contributed by atoms with E-state index in [0.717, 1.165) is 45.5 Å². The molecule has 0 atom stereocenters. The topological polar surface area (TPSA) is 101 Å². The summed E-state index contributed by atoms with van der Waals surface area (Å²) in [7, 11) is 0. The molecule has 6 nitrogen and oxygen atoms in total. The van der Waals surface area contributed by atoms with Gasteiger partial charge in [0.15, 0.2) is 5.69 Å². The van der Waals surface area contributed by atoms with Crippen LogP contribution in [0.4, 0.5) is 0 Å². The summed E-state index contributed by atoms with van der Waals surface area (Å²) in [4.78, 5) is 18.2. The molecule has 0 unspecified atom stereocenters. The monoisotopic (exact) mass is 374 g/mol. The molecule has 0 fully saturated rings. The van der Waals surface area contributed by atoms with Crippen LogP contribution in [-0.4, -0.2) is 19.9 Å². The van der Waals surface area contributed by atoms with Gasteiger partial charge >= 0.3 is 0 Å². The Balaban J connectivity index is 2.08. The van der Waals surface area contributed by atoms with Crippen molar-refractivity contribution in [3.63, 3.8) is 0 Å². The Hall–Kier alpha value is -2.91. The van der Waals surface area contributed by atoms with Gasteiger partial charge in [-0.25, -0.2) is 4.98 Å². The van der Waals surface area contributed by atoms with Gasteiger partial charge in [0.05, 0.1) is 17.6 Å². The van der Waals surface area contributed by atoms with E-state index in [1.54, 1.807) is 6.20 Å². The molecule has 28 heavy (non-hydrogen) atoms. The van der Waals surface area contributed by atoms with Crippen LogP contribution < -0.4 is 5.73 Å². The summed E-state index contributed by atoms with van der Waals surface area (Å²) in [6.07, 6.45) is 6.80. The third-order valence-corrected chi connectivity index (χ3v) is 4.80. The maximum Gasteiger partial charge on any atom is 0.162 e. The molecule has 3 rings (SSSR count). The normalized spacial score (nSPS) is 11.8. The molecule has 0 spiro atoms. The molecule has 0 amide bonds. The number of aryl methyl sites for hydroxylation is 1. The van der Waals surface area contributed by atoms with Crippen molar-refractivity contribution >= 4 is 10.8 Å². The fourth-order valence-corrected chi connectivity index (χ4v) is 3.33. The number of rotatable bonds is 5. The summed E-state index contributed by atoms with van der Waals surface area (Å²) >= 11 is 0. The second kappa shape index (κ2) is 7.61. The smallest absolute Gasteiger partial charge is 0.162 e. The molecular weight excluding hydrogens is 348 g/mol. The standard InChI is InChI=1S/C22H26N6/c1-6-19-17-11-25-14(8-16(17)18(12-27-19)22(4,5)24)7-15-10-26-20(9-23)21(28-15)13(2)3/h8,10-13H,6-7,24H2,1-5H3. The Kier molecular flexibility index (Phi) is 5.39.